The largest absolute Gasteiger partial charge is 0.191 e. The first kappa shape index (κ1) is 17.6. The monoisotopic (exact) mass is 254 g/mol. The average molecular weight is 254 g/mol. The minimum atomic E-state index is 0.417. The third-order valence-corrected chi connectivity index (χ3v) is 3.41. The molecule has 108 valence electrons. The Bertz CT molecular complexity index is 170. The van der Waals surface area contributed by atoms with Crippen molar-refractivity contribution >= 4 is 0 Å². The standard InChI is InChI=1S/C16H34N2/c1-5-7-9-11-13-15(3)17-18-16(4)14-12-10-8-6-2/h15-16H,5-14H2,1-4H3. The predicted molar refractivity (Wildman–Crippen MR) is 81.3 cm³/mol. The molecule has 0 saturated heterocycles. The fraction of sp³-hybridized carbons (Fsp3) is 1.00. The highest BCUT2D eigenvalue weighted by molar-refractivity contribution is 4.62. The number of unbranched alkanes of at least 4 members (excludes halogenated alkanes) is 6. The Morgan fingerprint density at radius 2 is 1.00 bits per heavy atom. The van der Waals surface area contributed by atoms with E-state index in [9.17, 15) is 0 Å². The minimum absolute atomic E-state index is 0.417. The highest BCUT2D eigenvalue weighted by Gasteiger charge is 2.02. The number of hydrogen-bond acceptors (Lipinski definition) is 2. The zero-order chi connectivity index (χ0) is 13.6. The predicted octanol–water partition coefficient (Wildman–Crippen LogP) is 6.16. The molecule has 2 nitrogen and oxygen atoms in total. The lowest BCUT2D eigenvalue weighted by molar-refractivity contribution is 0.517. The van der Waals surface area contributed by atoms with Crippen molar-refractivity contribution in [2.45, 2.75) is 104 Å². The molecule has 0 aromatic rings. The van der Waals surface area contributed by atoms with Gasteiger partial charge in [0.2, 0.25) is 0 Å². The number of azo groups is 1. The zero-order valence-electron chi connectivity index (χ0n) is 13.1. The maximum absolute atomic E-state index is 4.45. The van der Waals surface area contributed by atoms with Crippen LogP contribution in [0.2, 0.25) is 0 Å². The summed E-state index contributed by atoms with van der Waals surface area (Å²) in [5.41, 5.74) is 0. The first-order chi connectivity index (χ1) is 8.70. The molecule has 0 radical (unpaired) electrons. The van der Waals surface area contributed by atoms with Crippen LogP contribution < -0.4 is 0 Å². The van der Waals surface area contributed by atoms with E-state index in [0.717, 1.165) is 0 Å². The van der Waals surface area contributed by atoms with Gasteiger partial charge in [-0.2, -0.15) is 10.2 Å². The van der Waals surface area contributed by atoms with Gasteiger partial charge in [0.25, 0.3) is 0 Å². The zero-order valence-corrected chi connectivity index (χ0v) is 13.1. The maximum atomic E-state index is 4.45. The van der Waals surface area contributed by atoms with Gasteiger partial charge >= 0.3 is 0 Å². The summed E-state index contributed by atoms with van der Waals surface area (Å²) >= 11 is 0. The molecule has 2 heteroatoms. The highest BCUT2D eigenvalue weighted by Crippen LogP contribution is 2.11. The summed E-state index contributed by atoms with van der Waals surface area (Å²) < 4.78 is 0. The van der Waals surface area contributed by atoms with Crippen LogP contribution in [0.1, 0.15) is 91.9 Å². The van der Waals surface area contributed by atoms with Crippen LogP contribution in [0.25, 0.3) is 0 Å². The molecular weight excluding hydrogens is 220 g/mol. The van der Waals surface area contributed by atoms with E-state index in [1.165, 1.54) is 64.2 Å². The van der Waals surface area contributed by atoms with Crippen molar-refractivity contribution in [1.29, 1.82) is 0 Å². The van der Waals surface area contributed by atoms with Gasteiger partial charge < -0.3 is 0 Å². The molecule has 2 atom stereocenters. The molecule has 0 saturated carbocycles. The van der Waals surface area contributed by atoms with Crippen molar-refractivity contribution in [3.63, 3.8) is 0 Å². The quantitative estimate of drug-likeness (QED) is 0.294. The van der Waals surface area contributed by atoms with Crippen molar-refractivity contribution in [2.24, 2.45) is 10.2 Å². The normalized spacial score (nSPS) is 15.1. The second-order valence-electron chi connectivity index (χ2n) is 5.63. The molecule has 0 aliphatic rings. The molecular formula is C16H34N2. The molecule has 0 rings (SSSR count). The Morgan fingerprint density at radius 1 is 0.611 bits per heavy atom. The van der Waals surface area contributed by atoms with Crippen LogP contribution in [-0.4, -0.2) is 12.1 Å². The summed E-state index contributed by atoms with van der Waals surface area (Å²) in [6.45, 7) is 8.89. The Hall–Kier alpha value is -0.400. The van der Waals surface area contributed by atoms with E-state index in [1.807, 2.05) is 0 Å². The third-order valence-electron chi connectivity index (χ3n) is 3.41. The van der Waals surface area contributed by atoms with Crippen LogP contribution in [0.5, 0.6) is 0 Å². The van der Waals surface area contributed by atoms with Gasteiger partial charge in [-0.1, -0.05) is 65.2 Å². The van der Waals surface area contributed by atoms with E-state index in [2.05, 4.69) is 37.9 Å². The van der Waals surface area contributed by atoms with Crippen LogP contribution in [0.4, 0.5) is 0 Å². The fourth-order valence-electron chi connectivity index (χ4n) is 2.08. The van der Waals surface area contributed by atoms with E-state index in [4.69, 9.17) is 0 Å². The molecule has 0 spiro atoms. The topological polar surface area (TPSA) is 24.7 Å². The fourth-order valence-corrected chi connectivity index (χ4v) is 2.08. The first-order valence-electron chi connectivity index (χ1n) is 8.10. The molecule has 18 heavy (non-hydrogen) atoms. The lowest BCUT2D eigenvalue weighted by atomic mass is 10.1. The van der Waals surface area contributed by atoms with E-state index in [-0.39, 0.29) is 0 Å². The van der Waals surface area contributed by atoms with Gasteiger partial charge in [0.15, 0.2) is 0 Å². The van der Waals surface area contributed by atoms with Gasteiger partial charge in [0, 0.05) is 0 Å². The SMILES string of the molecule is CCCCCCC(C)N=NC(C)CCCCCC. The van der Waals surface area contributed by atoms with Crippen molar-refractivity contribution in [3.8, 4) is 0 Å². The summed E-state index contributed by atoms with van der Waals surface area (Å²) in [4.78, 5) is 0. The summed E-state index contributed by atoms with van der Waals surface area (Å²) in [6.07, 6.45) is 13.0. The van der Waals surface area contributed by atoms with Crippen LogP contribution in [0.3, 0.4) is 0 Å². The molecule has 0 bridgehead atoms. The van der Waals surface area contributed by atoms with Crippen LogP contribution in [0.15, 0.2) is 10.2 Å². The number of hydrogen-bond donors (Lipinski definition) is 0. The maximum Gasteiger partial charge on any atom is 0.0680 e. The molecule has 0 aromatic heterocycles. The van der Waals surface area contributed by atoms with Gasteiger partial charge in [0.05, 0.1) is 12.1 Å². The second kappa shape index (κ2) is 13.0. The van der Waals surface area contributed by atoms with E-state index in [0.29, 0.717) is 12.1 Å². The first-order valence-corrected chi connectivity index (χ1v) is 8.10. The second-order valence-corrected chi connectivity index (χ2v) is 5.63. The van der Waals surface area contributed by atoms with Crippen molar-refractivity contribution in [3.05, 3.63) is 0 Å². The van der Waals surface area contributed by atoms with Crippen LogP contribution in [0, 0.1) is 0 Å². The minimum Gasteiger partial charge on any atom is -0.191 e. The Kier molecular flexibility index (Phi) is 12.8. The molecule has 2 unspecified atom stereocenters. The van der Waals surface area contributed by atoms with Crippen molar-refractivity contribution < 1.29 is 0 Å². The lowest BCUT2D eigenvalue weighted by Crippen LogP contribution is -2.01. The summed E-state index contributed by atoms with van der Waals surface area (Å²) in [5, 5.41) is 8.89. The van der Waals surface area contributed by atoms with Gasteiger partial charge in [-0.25, -0.2) is 0 Å². The molecule has 0 aromatic carbocycles. The summed E-state index contributed by atoms with van der Waals surface area (Å²) in [5.74, 6) is 0. The Labute approximate surface area is 115 Å². The number of nitrogens with zero attached hydrogens (tertiary/aromatic N) is 2. The van der Waals surface area contributed by atoms with Crippen LogP contribution >= 0.6 is 0 Å². The molecule has 0 N–H and O–H groups in total. The highest BCUT2D eigenvalue weighted by atomic mass is 15.1. The van der Waals surface area contributed by atoms with E-state index in [1.54, 1.807) is 0 Å². The van der Waals surface area contributed by atoms with Gasteiger partial charge in [-0.3, -0.25) is 0 Å². The molecule has 0 amide bonds. The Balaban J connectivity index is 3.51. The van der Waals surface area contributed by atoms with Gasteiger partial charge in [0.1, 0.15) is 0 Å². The third kappa shape index (κ3) is 12.1. The van der Waals surface area contributed by atoms with Crippen molar-refractivity contribution in [2.75, 3.05) is 0 Å². The molecule has 0 aliphatic heterocycles. The van der Waals surface area contributed by atoms with Crippen molar-refractivity contribution in [1.82, 2.24) is 0 Å². The summed E-state index contributed by atoms with van der Waals surface area (Å²) in [7, 11) is 0. The molecule has 0 heterocycles. The number of rotatable bonds is 12. The lowest BCUT2D eigenvalue weighted by Gasteiger charge is -2.07. The average Bonchev–Trinajstić information content (AvgIpc) is 2.37. The summed E-state index contributed by atoms with van der Waals surface area (Å²) in [6, 6.07) is 0.833. The van der Waals surface area contributed by atoms with Gasteiger partial charge in [-0.05, 0) is 26.7 Å². The Morgan fingerprint density at radius 3 is 1.33 bits per heavy atom. The van der Waals surface area contributed by atoms with Crippen LogP contribution in [-0.2, 0) is 0 Å². The smallest absolute Gasteiger partial charge is 0.0680 e. The molecule has 0 aliphatic carbocycles. The van der Waals surface area contributed by atoms with E-state index >= 15 is 0 Å². The molecule has 0 fully saturated rings. The van der Waals surface area contributed by atoms with Gasteiger partial charge in [-0.15, -0.1) is 0 Å². The van der Waals surface area contributed by atoms with E-state index < -0.39 is 0 Å².